The van der Waals surface area contributed by atoms with Crippen molar-refractivity contribution in [1.29, 1.82) is 5.26 Å². The average molecular weight is 329 g/mol. The van der Waals surface area contributed by atoms with Crippen LogP contribution in [-0.4, -0.2) is 0 Å². The molecule has 3 rings (SSSR count). The van der Waals surface area contributed by atoms with Gasteiger partial charge in [0.15, 0.2) is 0 Å². The molecule has 1 nitrogen and oxygen atoms in total. The number of nitriles is 1. The van der Waals surface area contributed by atoms with Crippen LogP contribution in [0.25, 0.3) is 0 Å². The molecule has 4 heteroatoms. The SMILES string of the molecule is CCCc1cc(F)c(C2CCc3cc(C#N)c(F)cc3C2)c(F)c1. The number of rotatable bonds is 3. The summed E-state index contributed by atoms with van der Waals surface area (Å²) in [6.45, 7) is 1.96. The van der Waals surface area contributed by atoms with Crippen LogP contribution >= 0.6 is 0 Å². The number of nitrogens with zero attached hydrogens (tertiary/aromatic N) is 1. The van der Waals surface area contributed by atoms with Crippen LogP contribution in [0.1, 0.15) is 53.5 Å². The van der Waals surface area contributed by atoms with Crippen molar-refractivity contribution in [3.05, 3.63) is 69.5 Å². The lowest BCUT2D eigenvalue weighted by molar-refractivity contribution is 0.488. The molecule has 0 radical (unpaired) electrons. The molecule has 0 fully saturated rings. The lowest BCUT2D eigenvalue weighted by Gasteiger charge is -2.26. The second kappa shape index (κ2) is 6.68. The first-order valence-electron chi connectivity index (χ1n) is 8.22. The highest BCUT2D eigenvalue weighted by Crippen LogP contribution is 2.36. The smallest absolute Gasteiger partial charge is 0.141 e. The summed E-state index contributed by atoms with van der Waals surface area (Å²) < 4.78 is 42.7. The third kappa shape index (κ3) is 3.03. The summed E-state index contributed by atoms with van der Waals surface area (Å²) in [5.74, 6) is -1.90. The van der Waals surface area contributed by atoms with Crippen LogP contribution in [0, 0.1) is 28.8 Å². The molecule has 2 aromatic rings. The Kier molecular flexibility index (Phi) is 4.62. The summed E-state index contributed by atoms with van der Waals surface area (Å²) in [5, 5.41) is 8.90. The zero-order valence-electron chi connectivity index (χ0n) is 13.5. The van der Waals surface area contributed by atoms with Gasteiger partial charge in [-0.1, -0.05) is 13.3 Å². The van der Waals surface area contributed by atoms with E-state index in [0.29, 0.717) is 31.2 Å². The Morgan fingerprint density at radius 3 is 2.38 bits per heavy atom. The molecule has 0 saturated carbocycles. The minimum absolute atomic E-state index is 0.0217. The van der Waals surface area contributed by atoms with Gasteiger partial charge in [0.05, 0.1) is 5.56 Å². The number of hydrogen-bond acceptors (Lipinski definition) is 1. The van der Waals surface area contributed by atoms with E-state index < -0.39 is 17.5 Å². The summed E-state index contributed by atoms with van der Waals surface area (Å²) >= 11 is 0. The summed E-state index contributed by atoms with van der Waals surface area (Å²) in [7, 11) is 0. The Morgan fingerprint density at radius 1 is 1.04 bits per heavy atom. The summed E-state index contributed by atoms with van der Waals surface area (Å²) in [6, 6.07) is 7.54. The highest BCUT2D eigenvalue weighted by Gasteiger charge is 2.26. The lowest BCUT2D eigenvalue weighted by Crippen LogP contribution is -2.16. The Labute approximate surface area is 139 Å². The molecule has 0 amide bonds. The fraction of sp³-hybridized carbons (Fsp3) is 0.350. The fourth-order valence-electron chi connectivity index (χ4n) is 3.57. The first-order chi connectivity index (χ1) is 11.5. The number of fused-ring (bicyclic) bond motifs is 1. The van der Waals surface area contributed by atoms with E-state index in [4.69, 9.17) is 5.26 Å². The average Bonchev–Trinajstić information content (AvgIpc) is 2.53. The maximum atomic E-state index is 14.4. The van der Waals surface area contributed by atoms with E-state index in [9.17, 15) is 13.2 Å². The topological polar surface area (TPSA) is 23.8 Å². The molecule has 1 unspecified atom stereocenters. The Hall–Kier alpha value is -2.28. The Bertz CT molecular complexity index is 797. The van der Waals surface area contributed by atoms with Gasteiger partial charge < -0.3 is 0 Å². The van der Waals surface area contributed by atoms with E-state index in [2.05, 4.69) is 0 Å². The quantitative estimate of drug-likeness (QED) is 0.759. The lowest BCUT2D eigenvalue weighted by atomic mass is 9.79. The third-order valence-corrected chi connectivity index (χ3v) is 4.72. The van der Waals surface area contributed by atoms with Crippen molar-refractivity contribution in [2.24, 2.45) is 0 Å². The van der Waals surface area contributed by atoms with Gasteiger partial charge in [0, 0.05) is 5.56 Å². The second-order valence-corrected chi connectivity index (χ2v) is 6.38. The summed E-state index contributed by atoms with van der Waals surface area (Å²) in [4.78, 5) is 0. The molecule has 0 aromatic heterocycles. The molecule has 2 aromatic carbocycles. The van der Waals surface area contributed by atoms with E-state index in [1.165, 1.54) is 18.2 Å². The Balaban J connectivity index is 1.94. The first-order valence-corrected chi connectivity index (χ1v) is 8.22. The number of benzene rings is 2. The van der Waals surface area contributed by atoms with Crippen molar-refractivity contribution in [3.63, 3.8) is 0 Å². The van der Waals surface area contributed by atoms with Gasteiger partial charge in [-0.25, -0.2) is 13.2 Å². The largest absolute Gasteiger partial charge is 0.207 e. The highest BCUT2D eigenvalue weighted by molar-refractivity contribution is 5.42. The maximum absolute atomic E-state index is 14.4. The monoisotopic (exact) mass is 329 g/mol. The van der Waals surface area contributed by atoms with Crippen LogP contribution < -0.4 is 0 Å². The van der Waals surface area contributed by atoms with Gasteiger partial charge in [-0.2, -0.15) is 5.26 Å². The van der Waals surface area contributed by atoms with Crippen molar-refractivity contribution in [1.82, 2.24) is 0 Å². The van der Waals surface area contributed by atoms with Crippen molar-refractivity contribution in [3.8, 4) is 6.07 Å². The van der Waals surface area contributed by atoms with E-state index in [0.717, 1.165) is 17.5 Å². The third-order valence-electron chi connectivity index (χ3n) is 4.72. The number of halogens is 3. The molecule has 0 aliphatic heterocycles. The first kappa shape index (κ1) is 16.6. The van der Waals surface area contributed by atoms with Gasteiger partial charge in [0.25, 0.3) is 0 Å². The molecule has 0 N–H and O–H groups in total. The van der Waals surface area contributed by atoms with Crippen LogP contribution in [0.15, 0.2) is 24.3 Å². The van der Waals surface area contributed by atoms with Crippen LogP contribution in [0.2, 0.25) is 0 Å². The standard InChI is InChI=1S/C20H18F3N/c1-2-3-12-6-18(22)20(19(23)7-12)14-5-4-13-8-16(11-24)17(21)10-15(13)9-14/h6-8,10,14H,2-5,9H2,1H3. The van der Waals surface area contributed by atoms with Gasteiger partial charge in [-0.15, -0.1) is 0 Å². The van der Waals surface area contributed by atoms with Gasteiger partial charge >= 0.3 is 0 Å². The predicted octanol–water partition coefficient (Wildman–Crippen LogP) is 5.20. The Morgan fingerprint density at radius 2 is 1.75 bits per heavy atom. The minimum atomic E-state index is -0.573. The second-order valence-electron chi connectivity index (χ2n) is 6.38. The van der Waals surface area contributed by atoms with E-state index in [1.54, 1.807) is 6.07 Å². The molecule has 124 valence electrons. The molecular weight excluding hydrogens is 311 g/mol. The van der Waals surface area contributed by atoms with Crippen molar-refractivity contribution >= 4 is 0 Å². The zero-order chi connectivity index (χ0) is 17.3. The van der Waals surface area contributed by atoms with Gasteiger partial charge in [-0.3, -0.25) is 0 Å². The fourth-order valence-corrected chi connectivity index (χ4v) is 3.57. The van der Waals surface area contributed by atoms with Gasteiger partial charge in [0.1, 0.15) is 23.5 Å². The van der Waals surface area contributed by atoms with Gasteiger partial charge in [0.2, 0.25) is 0 Å². The van der Waals surface area contributed by atoms with E-state index >= 15 is 0 Å². The van der Waals surface area contributed by atoms with Crippen molar-refractivity contribution < 1.29 is 13.2 Å². The highest BCUT2D eigenvalue weighted by atomic mass is 19.1. The molecule has 1 atom stereocenters. The van der Waals surface area contributed by atoms with E-state index in [1.807, 2.05) is 13.0 Å². The predicted molar refractivity (Wildman–Crippen MR) is 86.2 cm³/mol. The van der Waals surface area contributed by atoms with Crippen LogP contribution in [-0.2, 0) is 19.3 Å². The number of hydrogen-bond donors (Lipinski definition) is 0. The van der Waals surface area contributed by atoms with Gasteiger partial charge in [-0.05, 0) is 72.6 Å². The minimum Gasteiger partial charge on any atom is -0.207 e. The molecule has 0 bridgehead atoms. The normalized spacial score (nSPS) is 16.5. The summed E-state index contributed by atoms with van der Waals surface area (Å²) in [5.41, 5.74) is 2.42. The molecular formula is C20H18F3N. The molecule has 1 aliphatic carbocycles. The molecule has 24 heavy (non-hydrogen) atoms. The molecule has 0 heterocycles. The maximum Gasteiger partial charge on any atom is 0.141 e. The molecule has 0 saturated heterocycles. The van der Waals surface area contributed by atoms with Crippen LogP contribution in [0.5, 0.6) is 0 Å². The van der Waals surface area contributed by atoms with Crippen LogP contribution in [0.4, 0.5) is 13.2 Å². The van der Waals surface area contributed by atoms with Crippen LogP contribution in [0.3, 0.4) is 0 Å². The van der Waals surface area contributed by atoms with E-state index in [-0.39, 0.29) is 17.0 Å². The summed E-state index contributed by atoms with van der Waals surface area (Å²) in [6.07, 6.45) is 3.03. The van der Waals surface area contributed by atoms with Crippen molar-refractivity contribution in [2.45, 2.75) is 44.9 Å². The number of aryl methyl sites for hydroxylation is 2. The van der Waals surface area contributed by atoms with Crippen molar-refractivity contribution in [2.75, 3.05) is 0 Å². The molecule has 1 aliphatic rings. The zero-order valence-corrected chi connectivity index (χ0v) is 13.5. The molecule has 0 spiro atoms.